The van der Waals surface area contributed by atoms with E-state index in [0.29, 0.717) is 22.7 Å². The van der Waals surface area contributed by atoms with E-state index in [1.807, 2.05) is 12.1 Å². The average Bonchev–Trinajstić information content (AvgIpc) is 2.67. The van der Waals surface area contributed by atoms with Crippen molar-refractivity contribution in [2.75, 3.05) is 30.5 Å². The van der Waals surface area contributed by atoms with E-state index < -0.39 is 6.10 Å². The van der Waals surface area contributed by atoms with Crippen molar-refractivity contribution >= 4 is 40.9 Å². The van der Waals surface area contributed by atoms with E-state index in [9.17, 15) is 14.4 Å². The molecule has 0 radical (unpaired) electrons. The van der Waals surface area contributed by atoms with Crippen molar-refractivity contribution in [3.05, 3.63) is 48.0 Å². The molecule has 1 aliphatic heterocycles. The van der Waals surface area contributed by atoms with E-state index >= 15 is 0 Å². The molecule has 1 aliphatic rings. The van der Waals surface area contributed by atoms with E-state index in [0.717, 1.165) is 4.90 Å². The molecule has 146 valence electrons. The van der Waals surface area contributed by atoms with Gasteiger partial charge in [-0.1, -0.05) is 12.1 Å². The van der Waals surface area contributed by atoms with E-state index in [1.54, 1.807) is 51.4 Å². The molecule has 0 fully saturated rings. The van der Waals surface area contributed by atoms with Crippen LogP contribution in [0.5, 0.6) is 5.75 Å². The molecule has 0 spiro atoms. The van der Waals surface area contributed by atoms with Crippen molar-refractivity contribution in [1.82, 2.24) is 4.90 Å². The largest absolute Gasteiger partial charge is 0.479 e. The molecule has 3 rings (SSSR count). The topological polar surface area (TPSA) is 87.7 Å². The predicted octanol–water partition coefficient (Wildman–Crippen LogP) is 2.84. The number of benzene rings is 2. The summed E-state index contributed by atoms with van der Waals surface area (Å²) in [5, 5.41) is 5.59. The summed E-state index contributed by atoms with van der Waals surface area (Å²) in [6.07, 6.45) is -0.554. The highest BCUT2D eigenvalue weighted by Gasteiger charge is 2.24. The molecule has 8 heteroatoms. The van der Waals surface area contributed by atoms with Crippen LogP contribution in [0.25, 0.3) is 0 Å². The van der Waals surface area contributed by atoms with Crippen molar-refractivity contribution in [1.29, 1.82) is 0 Å². The molecule has 3 amide bonds. The first-order chi connectivity index (χ1) is 13.3. The van der Waals surface area contributed by atoms with E-state index in [-0.39, 0.29) is 23.5 Å². The number of carbonyl (C=O) groups is 3. The van der Waals surface area contributed by atoms with Crippen LogP contribution in [0, 0.1) is 0 Å². The maximum Gasteiger partial charge on any atom is 0.265 e. The van der Waals surface area contributed by atoms with Crippen LogP contribution >= 0.6 is 11.8 Å². The van der Waals surface area contributed by atoms with Crippen LogP contribution < -0.4 is 15.4 Å². The van der Waals surface area contributed by atoms with Gasteiger partial charge in [0.05, 0.1) is 17.0 Å². The fourth-order valence-corrected chi connectivity index (χ4v) is 3.56. The first-order valence-corrected chi connectivity index (χ1v) is 9.68. The summed E-state index contributed by atoms with van der Waals surface area (Å²) in [5.74, 6) is 0.251. The minimum absolute atomic E-state index is 0.0279. The van der Waals surface area contributed by atoms with Gasteiger partial charge in [0.15, 0.2) is 6.10 Å². The Labute approximate surface area is 167 Å². The van der Waals surface area contributed by atoms with Crippen LogP contribution in [0.4, 0.5) is 11.4 Å². The molecule has 0 saturated carbocycles. The predicted molar refractivity (Wildman–Crippen MR) is 109 cm³/mol. The second-order valence-electron chi connectivity index (χ2n) is 6.49. The summed E-state index contributed by atoms with van der Waals surface area (Å²) < 4.78 is 5.52. The Balaban J connectivity index is 1.74. The lowest BCUT2D eigenvalue weighted by molar-refractivity contribution is -0.126. The van der Waals surface area contributed by atoms with Crippen LogP contribution in [0.3, 0.4) is 0 Å². The van der Waals surface area contributed by atoms with Crippen LogP contribution in [0.2, 0.25) is 0 Å². The third-order valence-electron chi connectivity index (χ3n) is 4.15. The summed E-state index contributed by atoms with van der Waals surface area (Å²) >= 11 is 1.32. The summed E-state index contributed by atoms with van der Waals surface area (Å²) in [5.41, 5.74) is 1.53. The molecule has 1 heterocycles. The number of rotatable bonds is 5. The molecule has 0 aromatic heterocycles. The molecule has 7 nitrogen and oxygen atoms in total. The first-order valence-electron chi connectivity index (χ1n) is 8.70. The third-order valence-corrected chi connectivity index (χ3v) is 5.21. The zero-order valence-electron chi connectivity index (χ0n) is 15.8. The molecule has 28 heavy (non-hydrogen) atoms. The Hall–Kier alpha value is -3.00. The number of ether oxygens (including phenoxy) is 1. The second-order valence-corrected chi connectivity index (χ2v) is 7.50. The second kappa shape index (κ2) is 8.35. The fraction of sp³-hybridized carbons (Fsp3) is 0.250. The Bertz CT molecular complexity index is 929. The Morgan fingerprint density at radius 3 is 2.71 bits per heavy atom. The summed E-state index contributed by atoms with van der Waals surface area (Å²) in [6.45, 7) is 1.67. The number of hydrogen-bond donors (Lipinski definition) is 2. The molecule has 0 saturated heterocycles. The molecular weight excluding hydrogens is 378 g/mol. The van der Waals surface area contributed by atoms with Gasteiger partial charge in [0.1, 0.15) is 5.75 Å². The molecular formula is C20H21N3O4S. The van der Waals surface area contributed by atoms with Crippen molar-refractivity contribution in [3.63, 3.8) is 0 Å². The SMILES string of the molecule is C[C@H]1Oc2ccc(NC(=O)c3ccccc3SCC(=O)N(C)C)cc2NC1=O. The summed E-state index contributed by atoms with van der Waals surface area (Å²) in [4.78, 5) is 38.6. The van der Waals surface area contributed by atoms with Crippen molar-refractivity contribution in [3.8, 4) is 5.75 Å². The zero-order chi connectivity index (χ0) is 20.3. The van der Waals surface area contributed by atoms with Crippen LogP contribution in [-0.4, -0.2) is 48.6 Å². The molecule has 2 aromatic carbocycles. The number of nitrogens with one attached hydrogen (secondary N) is 2. The van der Waals surface area contributed by atoms with Crippen molar-refractivity contribution < 1.29 is 19.1 Å². The van der Waals surface area contributed by atoms with Crippen molar-refractivity contribution in [2.45, 2.75) is 17.9 Å². The van der Waals surface area contributed by atoms with Crippen LogP contribution in [0.1, 0.15) is 17.3 Å². The third kappa shape index (κ3) is 4.45. The van der Waals surface area contributed by atoms with E-state index in [1.165, 1.54) is 16.7 Å². The van der Waals surface area contributed by atoms with Gasteiger partial charge in [0, 0.05) is 24.7 Å². The smallest absolute Gasteiger partial charge is 0.265 e. The Kier molecular flexibility index (Phi) is 5.89. The van der Waals surface area contributed by atoms with Crippen molar-refractivity contribution in [2.24, 2.45) is 0 Å². The normalized spacial score (nSPS) is 15.1. The monoisotopic (exact) mass is 399 g/mol. The Morgan fingerprint density at radius 1 is 1.21 bits per heavy atom. The van der Waals surface area contributed by atoms with Crippen LogP contribution in [-0.2, 0) is 9.59 Å². The quantitative estimate of drug-likeness (QED) is 0.755. The number of anilines is 2. The lowest BCUT2D eigenvalue weighted by atomic mass is 10.2. The van der Waals surface area contributed by atoms with Gasteiger partial charge in [-0.25, -0.2) is 0 Å². The molecule has 0 bridgehead atoms. The van der Waals surface area contributed by atoms with E-state index in [4.69, 9.17) is 4.74 Å². The average molecular weight is 399 g/mol. The highest BCUT2D eigenvalue weighted by atomic mass is 32.2. The van der Waals surface area contributed by atoms with Gasteiger partial charge in [-0.3, -0.25) is 14.4 Å². The van der Waals surface area contributed by atoms with E-state index in [2.05, 4.69) is 10.6 Å². The van der Waals surface area contributed by atoms with Gasteiger partial charge in [0.25, 0.3) is 11.8 Å². The maximum atomic E-state index is 12.8. The lowest BCUT2D eigenvalue weighted by Crippen LogP contribution is -2.34. The zero-order valence-corrected chi connectivity index (χ0v) is 16.6. The number of fused-ring (bicyclic) bond motifs is 1. The molecule has 0 aliphatic carbocycles. The number of amides is 3. The minimum atomic E-state index is -0.554. The number of carbonyl (C=O) groups excluding carboxylic acids is 3. The minimum Gasteiger partial charge on any atom is -0.479 e. The standard InChI is InChI=1S/C20H21N3O4S/c1-12-19(25)22-15-10-13(8-9-16(15)27-12)21-20(26)14-6-4-5-7-17(14)28-11-18(24)23(2)3/h4-10,12H,11H2,1-3H3,(H,21,26)(H,22,25)/t12-/m1/s1. The number of nitrogens with zero attached hydrogens (tertiary/aromatic N) is 1. The summed E-state index contributed by atoms with van der Waals surface area (Å²) in [7, 11) is 3.39. The molecule has 0 unspecified atom stereocenters. The van der Waals surface area contributed by atoms with Gasteiger partial charge in [-0.05, 0) is 37.3 Å². The number of thioether (sulfide) groups is 1. The van der Waals surface area contributed by atoms with Gasteiger partial charge >= 0.3 is 0 Å². The lowest BCUT2D eigenvalue weighted by Gasteiger charge is -2.23. The van der Waals surface area contributed by atoms with Gasteiger partial charge in [-0.2, -0.15) is 0 Å². The fourth-order valence-electron chi connectivity index (χ4n) is 2.53. The van der Waals surface area contributed by atoms with Gasteiger partial charge in [0.2, 0.25) is 5.91 Å². The van der Waals surface area contributed by atoms with Gasteiger partial charge < -0.3 is 20.3 Å². The highest BCUT2D eigenvalue weighted by Crippen LogP contribution is 2.32. The maximum absolute atomic E-state index is 12.8. The van der Waals surface area contributed by atoms with Gasteiger partial charge in [-0.15, -0.1) is 11.8 Å². The molecule has 1 atom stereocenters. The number of hydrogen-bond acceptors (Lipinski definition) is 5. The first kappa shape index (κ1) is 19.8. The molecule has 2 N–H and O–H groups in total. The highest BCUT2D eigenvalue weighted by molar-refractivity contribution is 8.00. The Morgan fingerprint density at radius 2 is 1.96 bits per heavy atom. The summed E-state index contributed by atoms with van der Waals surface area (Å²) in [6, 6.07) is 12.2. The molecule has 2 aromatic rings. The van der Waals surface area contributed by atoms with Crippen LogP contribution in [0.15, 0.2) is 47.4 Å².